The minimum absolute atomic E-state index is 0.00676. The molecule has 0 amide bonds. The van der Waals surface area contributed by atoms with Crippen molar-refractivity contribution in [2.24, 2.45) is 5.92 Å². The number of rotatable bonds is 6. The minimum atomic E-state index is -0.425. The van der Waals surface area contributed by atoms with Crippen LogP contribution >= 0.6 is 0 Å². The summed E-state index contributed by atoms with van der Waals surface area (Å²) in [5, 5.41) is 16.9. The van der Waals surface area contributed by atoms with Crippen LogP contribution in [0.2, 0.25) is 0 Å². The van der Waals surface area contributed by atoms with Gasteiger partial charge in [0, 0.05) is 19.2 Å². The van der Waals surface area contributed by atoms with Crippen molar-refractivity contribution in [1.82, 2.24) is 4.98 Å². The van der Waals surface area contributed by atoms with Gasteiger partial charge < -0.3 is 10.6 Å². The van der Waals surface area contributed by atoms with E-state index in [2.05, 4.69) is 15.6 Å². The minimum Gasteiger partial charge on any atom is -0.370 e. The Labute approximate surface area is 101 Å². The van der Waals surface area contributed by atoms with Gasteiger partial charge in [0.05, 0.1) is 4.92 Å². The number of nitrogens with zero attached hydrogens (tertiary/aromatic N) is 2. The Morgan fingerprint density at radius 1 is 1.41 bits per heavy atom. The van der Waals surface area contributed by atoms with E-state index in [9.17, 15) is 10.1 Å². The summed E-state index contributed by atoms with van der Waals surface area (Å²) in [4.78, 5) is 14.6. The highest BCUT2D eigenvalue weighted by atomic mass is 16.6. The highest BCUT2D eigenvalue weighted by Gasteiger charge is 2.15. The van der Waals surface area contributed by atoms with Crippen LogP contribution < -0.4 is 10.6 Å². The van der Waals surface area contributed by atoms with Crippen molar-refractivity contribution in [2.45, 2.75) is 20.8 Å². The average Bonchev–Trinajstić information content (AvgIpc) is 2.26. The molecule has 1 rings (SSSR count). The number of anilines is 2. The normalized spacial score (nSPS) is 10.4. The van der Waals surface area contributed by atoms with Crippen LogP contribution in [0.15, 0.2) is 12.1 Å². The van der Waals surface area contributed by atoms with Crippen LogP contribution in [0.3, 0.4) is 0 Å². The highest BCUT2D eigenvalue weighted by Crippen LogP contribution is 2.24. The van der Waals surface area contributed by atoms with E-state index in [0.29, 0.717) is 24.1 Å². The largest absolute Gasteiger partial charge is 0.370 e. The molecule has 0 fully saturated rings. The molecule has 1 heterocycles. The van der Waals surface area contributed by atoms with Gasteiger partial charge in [0.1, 0.15) is 5.82 Å². The molecular formula is C11H18N4O2. The van der Waals surface area contributed by atoms with Gasteiger partial charge >= 0.3 is 5.69 Å². The predicted octanol–water partition coefficient (Wildman–Crippen LogP) is 2.49. The van der Waals surface area contributed by atoms with Gasteiger partial charge in [-0.25, -0.2) is 4.98 Å². The third kappa shape index (κ3) is 3.90. The fourth-order valence-corrected chi connectivity index (χ4v) is 1.31. The number of nitrogens with one attached hydrogen (secondary N) is 2. The van der Waals surface area contributed by atoms with Gasteiger partial charge in [-0.05, 0) is 18.9 Å². The van der Waals surface area contributed by atoms with Crippen LogP contribution in [-0.4, -0.2) is 23.0 Å². The lowest BCUT2D eigenvalue weighted by atomic mass is 10.2. The molecule has 0 saturated carbocycles. The molecule has 0 radical (unpaired) electrons. The number of nitro groups is 1. The van der Waals surface area contributed by atoms with Crippen LogP contribution in [0.5, 0.6) is 0 Å². The molecule has 1 aromatic rings. The van der Waals surface area contributed by atoms with Crippen LogP contribution in [0.4, 0.5) is 17.3 Å². The van der Waals surface area contributed by atoms with Gasteiger partial charge in [0.2, 0.25) is 5.82 Å². The third-order valence-electron chi connectivity index (χ3n) is 2.11. The van der Waals surface area contributed by atoms with Crippen LogP contribution in [-0.2, 0) is 0 Å². The maximum absolute atomic E-state index is 10.8. The van der Waals surface area contributed by atoms with E-state index in [1.54, 1.807) is 6.07 Å². The summed E-state index contributed by atoms with van der Waals surface area (Å²) in [5.74, 6) is 1.37. The van der Waals surface area contributed by atoms with Crippen molar-refractivity contribution in [2.75, 3.05) is 23.7 Å². The first-order valence-electron chi connectivity index (χ1n) is 5.67. The lowest BCUT2D eigenvalue weighted by Gasteiger charge is -2.10. The Morgan fingerprint density at radius 3 is 2.65 bits per heavy atom. The predicted molar refractivity (Wildman–Crippen MR) is 68.4 cm³/mol. The summed E-state index contributed by atoms with van der Waals surface area (Å²) >= 11 is 0. The molecular weight excluding hydrogens is 220 g/mol. The Kier molecular flexibility index (Phi) is 4.68. The molecule has 94 valence electrons. The second-order valence-electron chi connectivity index (χ2n) is 4.13. The molecule has 6 heteroatoms. The topological polar surface area (TPSA) is 80.1 Å². The standard InChI is InChI=1S/C11H18N4O2/c1-4-12-10-6-5-9(15(16)17)11(14-10)13-7-8(2)3/h5-6,8H,4,7H2,1-3H3,(H2,12,13,14). The van der Waals surface area contributed by atoms with Gasteiger partial charge in [-0.2, -0.15) is 0 Å². The van der Waals surface area contributed by atoms with Crippen molar-refractivity contribution in [3.8, 4) is 0 Å². The number of pyridine rings is 1. The first-order valence-corrected chi connectivity index (χ1v) is 5.67. The molecule has 6 nitrogen and oxygen atoms in total. The molecule has 0 atom stereocenters. The molecule has 2 N–H and O–H groups in total. The fraction of sp³-hybridized carbons (Fsp3) is 0.545. The van der Waals surface area contributed by atoms with Crippen LogP contribution in [0, 0.1) is 16.0 Å². The Morgan fingerprint density at radius 2 is 2.12 bits per heavy atom. The molecule has 0 aliphatic heterocycles. The first kappa shape index (κ1) is 13.2. The maximum Gasteiger partial charge on any atom is 0.311 e. The second-order valence-corrected chi connectivity index (χ2v) is 4.13. The van der Waals surface area contributed by atoms with E-state index in [1.165, 1.54) is 6.07 Å². The molecule has 0 unspecified atom stereocenters. The smallest absolute Gasteiger partial charge is 0.311 e. The molecule has 0 aliphatic rings. The first-order chi connectivity index (χ1) is 8.04. The van der Waals surface area contributed by atoms with E-state index < -0.39 is 4.92 Å². The molecule has 0 spiro atoms. The Hall–Kier alpha value is -1.85. The maximum atomic E-state index is 10.8. The monoisotopic (exact) mass is 238 g/mol. The van der Waals surface area contributed by atoms with E-state index in [-0.39, 0.29) is 5.69 Å². The van der Waals surface area contributed by atoms with Gasteiger partial charge in [0.15, 0.2) is 0 Å². The summed E-state index contributed by atoms with van der Waals surface area (Å²) in [5.41, 5.74) is 0.00676. The summed E-state index contributed by atoms with van der Waals surface area (Å²) in [6.07, 6.45) is 0. The quantitative estimate of drug-likeness (QED) is 0.588. The van der Waals surface area contributed by atoms with Gasteiger partial charge in [-0.1, -0.05) is 13.8 Å². The van der Waals surface area contributed by atoms with Gasteiger partial charge in [-0.3, -0.25) is 10.1 Å². The average molecular weight is 238 g/mol. The molecule has 0 bridgehead atoms. The van der Waals surface area contributed by atoms with Gasteiger partial charge in [0.25, 0.3) is 0 Å². The zero-order chi connectivity index (χ0) is 12.8. The lowest BCUT2D eigenvalue weighted by Crippen LogP contribution is -2.12. The zero-order valence-corrected chi connectivity index (χ0v) is 10.4. The van der Waals surface area contributed by atoms with E-state index in [4.69, 9.17) is 0 Å². The molecule has 0 aliphatic carbocycles. The molecule has 1 aromatic heterocycles. The third-order valence-corrected chi connectivity index (χ3v) is 2.11. The fourth-order valence-electron chi connectivity index (χ4n) is 1.31. The molecule has 17 heavy (non-hydrogen) atoms. The number of hydrogen-bond donors (Lipinski definition) is 2. The lowest BCUT2D eigenvalue weighted by molar-refractivity contribution is -0.384. The van der Waals surface area contributed by atoms with E-state index in [0.717, 1.165) is 6.54 Å². The number of hydrogen-bond acceptors (Lipinski definition) is 5. The summed E-state index contributed by atoms with van der Waals surface area (Å²) < 4.78 is 0. The number of aromatic nitrogens is 1. The summed E-state index contributed by atoms with van der Waals surface area (Å²) in [7, 11) is 0. The van der Waals surface area contributed by atoms with E-state index >= 15 is 0 Å². The van der Waals surface area contributed by atoms with Crippen LogP contribution in [0.25, 0.3) is 0 Å². The zero-order valence-electron chi connectivity index (χ0n) is 10.4. The van der Waals surface area contributed by atoms with Crippen molar-refractivity contribution >= 4 is 17.3 Å². The van der Waals surface area contributed by atoms with Crippen LogP contribution in [0.1, 0.15) is 20.8 Å². The molecule has 0 aromatic carbocycles. The highest BCUT2D eigenvalue weighted by molar-refractivity contribution is 5.60. The van der Waals surface area contributed by atoms with Crippen molar-refractivity contribution in [3.63, 3.8) is 0 Å². The second kappa shape index (κ2) is 6.03. The SMILES string of the molecule is CCNc1ccc([N+](=O)[O-])c(NCC(C)C)n1. The summed E-state index contributed by atoms with van der Waals surface area (Å²) in [6, 6.07) is 3.08. The van der Waals surface area contributed by atoms with Crippen molar-refractivity contribution in [1.29, 1.82) is 0 Å². The Balaban J connectivity index is 2.94. The van der Waals surface area contributed by atoms with E-state index in [1.807, 2.05) is 20.8 Å². The Bertz CT molecular complexity index is 393. The van der Waals surface area contributed by atoms with Crippen molar-refractivity contribution in [3.05, 3.63) is 22.2 Å². The molecule has 0 saturated heterocycles. The van der Waals surface area contributed by atoms with Crippen molar-refractivity contribution < 1.29 is 4.92 Å². The summed E-state index contributed by atoms with van der Waals surface area (Å²) in [6.45, 7) is 7.40. The van der Waals surface area contributed by atoms with Gasteiger partial charge in [-0.15, -0.1) is 0 Å².